The maximum Gasteiger partial charge on any atom is 0.125 e. The van der Waals surface area contributed by atoms with Gasteiger partial charge in [0.15, 0.2) is 0 Å². The van der Waals surface area contributed by atoms with Crippen LogP contribution in [0, 0.1) is 5.82 Å². The van der Waals surface area contributed by atoms with Crippen molar-refractivity contribution in [1.82, 2.24) is 0 Å². The molecule has 1 fully saturated rings. The Kier molecular flexibility index (Phi) is 1.85. The fourth-order valence-electron chi connectivity index (χ4n) is 2.50. The highest BCUT2D eigenvalue weighted by atomic mass is 19.1. The molecule has 0 bridgehead atoms. The number of hydrogen-bond acceptors (Lipinski definition) is 3. The van der Waals surface area contributed by atoms with Gasteiger partial charge in [-0.2, -0.15) is 0 Å². The fraction of sp³-hybridized carbons (Fsp3) is 0.455. The van der Waals surface area contributed by atoms with Crippen molar-refractivity contribution < 1.29 is 9.50 Å². The first-order valence-electron chi connectivity index (χ1n) is 5.22. The average molecular weight is 208 g/mol. The van der Waals surface area contributed by atoms with E-state index < -0.39 is 0 Å². The minimum Gasteiger partial charge on any atom is -0.391 e. The van der Waals surface area contributed by atoms with Crippen molar-refractivity contribution in [1.29, 1.82) is 0 Å². The highest BCUT2D eigenvalue weighted by Gasteiger charge is 2.34. The summed E-state index contributed by atoms with van der Waals surface area (Å²) in [5.41, 5.74) is 1.84. The third-order valence-corrected chi connectivity index (χ3v) is 3.19. The first kappa shape index (κ1) is 8.97. The smallest absolute Gasteiger partial charge is 0.125 e. The lowest BCUT2D eigenvalue weighted by Gasteiger charge is -2.34. The molecule has 2 aliphatic rings. The Labute approximate surface area is 87.5 Å². The number of fused-ring (bicyclic) bond motifs is 3. The first-order valence-corrected chi connectivity index (χ1v) is 5.22. The molecule has 2 atom stereocenters. The van der Waals surface area contributed by atoms with Crippen LogP contribution in [0.3, 0.4) is 0 Å². The number of hydrogen-bond donors (Lipinski definition) is 2. The van der Waals surface area contributed by atoms with E-state index in [0.717, 1.165) is 24.3 Å². The van der Waals surface area contributed by atoms with Crippen LogP contribution in [0.1, 0.15) is 6.42 Å². The first-order chi connectivity index (χ1) is 7.24. The lowest BCUT2D eigenvalue weighted by molar-refractivity contribution is 0.195. The van der Waals surface area contributed by atoms with Gasteiger partial charge < -0.3 is 15.3 Å². The fourth-order valence-corrected chi connectivity index (χ4v) is 2.50. The van der Waals surface area contributed by atoms with Crippen molar-refractivity contribution in [3.63, 3.8) is 0 Å². The molecule has 2 aliphatic heterocycles. The van der Waals surface area contributed by atoms with Crippen molar-refractivity contribution in [2.45, 2.75) is 18.6 Å². The van der Waals surface area contributed by atoms with Gasteiger partial charge in [0.2, 0.25) is 0 Å². The summed E-state index contributed by atoms with van der Waals surface area (Å²) in [7, 11) is 0. The van der Waals surface area contributed by atoms with Gasteiger partial charge in [0.1, 0.15) is 5.82 Å². The minimum absolute atomic E-state index is 0.224. The van der Waals surface area contributed by atoms with E-state index in [1.807, 2.05) is 0 Å². The van der Waals surface area contributed by atoms with E-state index >= 15 is 0 Å². The van der Waals surface area contributed by atoms with Gasteiger partial charge in [-0.3, -0.25) is 0 Å². The Bertz CT molecular complexity index is 396. The predicted octanol–water partition coefficient (Wildman–Crippen LogP) is 1.19. The quantitative estimate of drug-likeness (QED) is 0.672. The van der Waals surface area contributed by atoms with Crippen LogP contribution >= 0.6 is 0 Å². The van der Waals surface area contributed by atoms with Crippen LogP contribution < -0.4 is 10.2 Å². The molecule has 4 heteroatoms. The summed E-state index contributed by atoms with van der Waals surface area (Å²) >= 11 is 0. The molecule has 3 nitrogen and oxygen atoms in total. The Balaban J connectivity index is 2.03. The van der Waals surface area contributed by atoms with Crippen LogP contribution in [0.4, 0.5) is 15.8 Å². The Morgan fingerprint density at radius 3 is 3.20 bits per heavy atom. The van der Waals surface area contributed by atoms with Crippen molar-refractivity contribution >= 4 is 11.4 Å². The summed E-state index contributed by atoms with van der Waals surface area (Å²) in [5, 5.41) is 12.9. The normalized spacial score (nSPS) is 28.3. The predicted molar refractivity (Wildman–Crippen MR) is 56.6 cm³/mol. The number of halogens is 1. The summed E-state index contributed by atoms with van der Waals surface area (Å²) in [5.74, 6) is -0.224. The van der Waals surface area contributed by atoms with Gasteiger partial charge in [-0.05, 0) is 24.6 Å². The molecule has 2 heterocycles. The van der Waals surface area contributed by atoms with E-state index in [0.29, 0.717) is 12.6 Å². The van der Waals surface area contributed by atoms with Gasteiger partial charge in [0.05, 0.1) is 17.5 Å². The molecule has 0 saturated carbocycles. The molecule has 2 unspecified atom stereocenters. The van der Waals surface area contributed by atoms with Crippen LogP contribution in [-0.2, 0) is 0 Å². The zero-order valence-electron chi connectivity index (χ0n) is 8.28. The SMILES string of the molecule is OC1CC2CNc3ccc(F)cc3N2C1. The van der Waals surface area contributed by atoms with Crippen LogP contribution in [0.5, 0.6) is 0 Å². The number of aliphatic hydroxyl groups excluding tert-OH is 1. The lowest BCUT2D eigenvalue weighted by Crippen LogP contribution is -2.39. The molecule has 0 amide bonds. The standard InChI is InChI=1S/C11H13FN2O/c12-7-1-2-10-11(3-7)14-6-9(15)4-8(14)5-13-10/h1-3,8-9,13,15H,4-6H2. The summed E-state index contributed by atoms with van der Waals surface area (Å²) in [6.45, 7) is 1.44. The van der Waals surface area contributed by atoms with Gasteiger partial charge in [0.25, 0.3) is 0 Å². The lowest BCUT2D eigenvalue weighted by atomic mass is 10.1. The summed E-state index contributed by atoms with van der Waals surface area (Å²) < 4.78 is 13.1. The Morgan fingerprint density at radius 2 is 2.33 bits per heavy atom. The van der Waals surface area contributed by atoms with Crippen LogP contribution in [-0.4, -0.2) is 30.3 Å². The van der Waals surface area contributed by atoms with Crippen LogP contribution in [0.15, 0.2) is 18.2 Å². The van der Waals surface area contributed by atoms with Gasteiger partial charge in [-0.25, -0.2) is 4.39 Å². The van der Waals surface area contributed by atoms with Crippen molar-refractivity contribution in [3.05, 3.63) is 24.0 Å². The Morgan fingerprint density at radius 1 is 1.47 bits per heavy atom. The van der Waals surface area contributed by atoms with Crippen molar-refractivity contribution in [3.8, 4) is 0 Å². The third kappa shape index (κ3) is 1.36. The second-order valence-electron chi connectivity index (χ2n) is 4.24. The van der Waals surface area contributed by atoms with E-state index in [9.17, 15) is 9.50 Å². The number of aliphatic hydroxyl groups is 1. The Hall–Kier alpha value is -1.29. The summed E-state index contributed by atoms with van der Waals surface area (Å²) in [6.07, 6.45) is 0.481. The second-order valence-corrected chi connectivity index (χ2v) is 4.24. The molecule has 0 aliphatic carbocycles. The topological polar surface area (TPSA) is 35.5 Å². The molecule has 15 heavy (non-hydrogen) atoms. The molecule has 2 N–H and O–H groups in total. The number of benzene rings is 1. The molecule has 80 valence electrons. The zero-order valence-corrected chi connectivity index (χ0v) is 8.28. The highest BCUT2D eigenvalue weighted by Crippen LogP contribution is 2.36. The van der Waals surface area contributed by atoms with Gasteiger partial charge in [-0.15, -0.1) is 0 Å². The molecule has 0 spiro atoms. The molecule has 1 saturated heterocycles. The van der Waals surface area contributed by atoms with Crippen LogP contribution in [0.25, 0.3) is 0 Å². The summed E-state index contributed by atoms with van der Waals surface area (Å²) in [6, 6.07) is 5.05. The number of nitrogens with one attached hydrogen (secondary N) is 1. The van der Waals surface area contributed by atoms with E-state index in [2.05, 4.69) is 10.2 Å². The highest BCUT2D eigenvalue weighted by molar-refractivity contribution is 5.73. The maximum absolute atomic E-state index is 13.1. The van der Waals surface area contributed by atoms with E-state index in [4.69, 9.17) is 0 Å². The number of anilines is 2. The average Bonchev–Trinajstić information content (AvgIpc) is 2.58. The summed E-state index contributed by atoms with van der Waals surface area (Å²) in [4.78, 5) is 2.10. The molecule has 1 aromatic carbocycles. The molecule has 3 rings (SSSR count). The maximum atomic E-state index is 13.1. The van der Waals surface area contributed by atoms with Gasteiger partial charge >= 0.3 is 0 Å². The zero-order chi connectivity index (χ0) is 10.4. The number of nitrogens with zero attached hydrogens (tertiary/aromatic N) is 1. The van der Waals surface area contributed by atoms with Gasteiger partial charge in [-0.1, -0.05) is 0 Å². The minimum atomic E-state index is -0.286. The largest absolute Gasteiger partial charge is 0.391 e. The van der Waals surface area contributed by atoms with Gasteiger partial charge in [0, 0.05) is 19.1 Å². The molecular weight excluding hydrogens is 195 g/mol. The van der Waals surface area contributed by atoms with Crippen molar-refractivity contribution in [2.75, 3.05) is 23.3 Å². The molecule has 1 aromatic rings. The third-order valence-electron chi connectivity index (χ3n) is 3.19. The van der Waals surface area contributed by atoms with E-state index in [1.165, 1.54) is 12.1 Å². The number of rotatable bonds is 0. The molecule has 0 aromatic heterocycles. The second kappa shape index (κ2) is 3.10. The monoisotopic (exact) mass is 208 g/mol. The molecule has 0 radical (unpaired) electrons. The molecular formula is C11H13FN2O. The van der Waals surface area contributed by atoms with E-state index in [1.54, 1.807) is 6.07 Å². The van der Waals surface area contributed by atoms with Crippen LogP contribution in [0.2, 0.25) is 0 Å². The van der Waals surface area contributed by atoms with E-state index in [-0.39, 0.29) is 11.9 Å². The van der Waals surface area contributed by atoms with Crippen molar-refractivity contribution in [2.24, 2.45) is 0 Å².